The molecule has 0 radical (unpaired) electrons. The van der Waals surface area contributed by atoms with Gasteiger partial charge in [-0.15, -0.1) is 0 Å². The molecule has 0 bridgehead atoms. The second kappa shape index (κ2) is 5.27. The van der Waals surface area contributed by atoms with E-state index < -0.39 is 0 Å². The number of likely N-dealkylation sites (tertiary alicyclic amines) is 1. The highest BCUT2D eigenvalue weighted by atomic mass is 16.2. The van der Waals surface area contributed by atoms with Crippen LogP contribution in [0.4, 0.5) is 0 Å². The van der Waals surface area contributed by atoms with Crippen molar-refractivity contribution in [2.24, 2.45) is 5.92 Å². The van der Waals surface area contributed by atoms with Crippen LogP contribution in [-0.4, -0.2) is 42.5 Å². The summed E-state index contributed by atoms with van der Waals surface area (Å²) in [4.78, 5) is 18.4. The third kappa shape index (κ3) is 2.64. The highest BCUT2D eigenvalue weighted by Crippen LogP contribution is 2.18. The number of hydrogen-bond donors (Lipinski definition) is 1. The Morgan fingerprint density at radius 3 is 3.18 bits per heavy atom. The van der Waals surface area contributed by atoms with Crippen LogP contribution in [0.1, 0.15) is 22.5 Å². The maximum atomic E-state index is 12.3. The van der Waals surface area contributed by atoms with Crippen molar-refractivity contribution in [3.8, 4) is 0 Å². The van der Waals surface area contributed by atoms with Crippen LogP contribution >= 0.6 is 0 Å². The first-order valence-electron chi connectivity index (χ1n) is 6.08. The SMILES string of the molecule is CNCC1CCN(C(=O)c2cccnc2C)C1. The molecule has 1 N–H and O–H groups in total. The van der Waals surface area contributed by atoms with Crippen molar-refractivity contribution in [1.82, 2.24) is 15.2 Å². The second-order valence-corrected chi connectivity index (χ2v) is 4.60. The lowest BCUT2D eigenvalue weighted by Gasteiger charge is -2.17. The number of nitrogens with one attached hydrogen (secondary N) is 1. The minimum Gasteiger partial charge on any atom is -0.338 e. The molecule has 4 nitrogen and oxygen atoms in total. The van der Waals surface area contributed by atoms with E-state index in [0.717, 1.165) is 37.3 Å². The molecule has 92 valence electrons. The van der Waals surface area contributed by atoms with E-state index >= 15 is 0 Å². The Labute approximate surface area is 102 Å². The van der Waals surface area contributed by atoms with E-state index in [1.54, 1.807) is 6.20 Å². The third-order valence-corrected chi connectivity index (χ3v) is 3.30. The molecule has 0 spiro atoms. The molecule has 0 aliphatic carbocycles. The van der Waals surface area contributed by atoms with Gasteiger partial charge in [0, 0.05) is 25.0 Å². The molecule has 0 aromatic carbocycles. The Balaban J connectivity index is 2.05. The van der Waals surface area contributed by atoms with Gasteiger partial charge in [-0.05, 0) is 45.0 Å². The van der Waals surface area contributed by atoms with Gasteiger partial charge in [0.1, 0.15) is 0 Å². The first-order chi connectivity index (χ1) is 8.22. The van der Waals surface area contributed by atoms with Gasteiger partial charge in [-0.3, -0.25) is 9.78 Å². The smallest absolute Gasteiger partial charge is 0.255 e. The van der Waals surface area contributed by atoms with Crippen LogP contribution in [0.5, 0.6) is 0 Å². The predicted molar refractivity (Wildman–Crippen MR) is 66.9 cm³/mol. The molecule has 1 aromatic heterocycles. The first-order valence-corrected chi connectivity index (χ1v) is 6.08. The number of hydrogen-bond acceptors (Lipinski definition) is 3. The first kappa shape index (κ1) is 12.0. The Morgan fingerprint density at radius 2 is 2.47 bits per heavy atom. The number of aryl methyl sites for hydroxylation is 1. The van der Waals surface area contributed by atoms with Crippen molar-refractivity contribution >= 4 is 5.91 Å². The van der Waals surface area contributed by atoms with Gasteiger partial charge in [0.05, 0.1) is 5.56 Å². The molecule has 1 aromatic rings. The number of rotatable bonds is 3. The summed E-state index contributed by atoms with van der Waals surface area (Å²) in [6, 6.07) is 3.68. The van der Waals surface area contributed by atoms with Gasteiger partial charge in [-0.1, -0.05) is 0 Å². The van der Waals surface area contributed by atoms with Crippen LogP contribution in [0.25, 0.3) is 0 Å². The molecule has 0 saturated carbocycles. The number of pyridine rings is 1. The lowest BCUT2D eigenvalue weighted by Crippen LogP contribution is -2.30. The minimum atomic E-state index is 0.120. The number of amides is 1. The van der Waals surface area contributed by atoms with Crippen molar-refractivity contribution in [1.29, 1.82) is 0 Å². The molecule has 4 heteroatoms. The van der Waals surface area contributed by atoms with Crippen LogP contribution in [0.3, 0.4) is 0 Å². The quantitative estimate of drug-likeness (QED) is 0.849. The largest absolute Gasteiger partial charge is 0.338 e. The van der Waals surface area contributed by atoms with Crippen molar-refractivity contribution in [2.75, 3.05) is 26.7 Å². The van der Waals surface area contributed by atoms with Crippen LogP contribution in [0, 0.1) is 12.8 Å². The van der Waals surface area contributed by atoms with E-state index in [4.69, 9.17) is 0 Å². The highest BCUT2D eigenvalue weighted by molar-refractivity contribution is 5.95. The van der Waals surface area contributed by atoms with E-state index in [0.29, 0.717) is 5.92 Å². The zero-order valence-electron chi connectivity index (χ0n) is 10.4. The van der Waals surface area contributed by atoms with Crippen molar-refractivity contribution in [2.45, 2.75) is 13.3 Å². The molecule has 2 heterocycles. The Hall–Kier alpha value is -1.42. The van der Waals surface area contributed by atoms with Gasteiger partial charge in [0.2, 0.25) is 0 Å². The van der Waals surface area contributed by atoms with Crippen molar-refractivity contribution in [3.05, 3.63) is 29.6 Å². The Kier molecular flexibility index (Phi) is 3.74. The summed E-state index contributed by atoms with van der Waals surface area (Å²) in [7, 11) is 1.95. The average molecular weight is 233 g/mol. The second-order valence-electron chi connectivity index (χ2n) is 4.60. The number of nitrogens with zero attached hydrogens (tertiary/aromatic N) is 2. The molecule has 1 unspecified atom stereocenters. The third-order valence-electron chi connectivity index (χ3n) is 3.30. The van der Waals surface area contributed by atoms with E-state index in [9.17, 15) is 4.79 Å². The summed E-state index contributed by atoms with van der Waals surface area (Å²) in [5.41, 5.74) is 1.55. The van der Waals surface area contributed by atoms with E-state index in [-0.39, 0.29) is 5.91 Å². The van der Waals surface area contributed by atoms with E-state index in [1.807, 2.05) is 31.0 Å². The van der Waals surface area contributed by atoms with Gasteiger partial charge >= 0.3 is 0 Å². The molecule has 1 atom stereocenters. The molecule has 1 amide bonds. The Bertz CT molecular complexity index is 405. The van der Waals surface area contributed by atoms with Gasteiger partial charge in [-0.25, -0.2) is 0 Å². The van der Waals surface area contributed by atoms with E-state index in [1.165, 1.54) is 0 Å². The van der Waals surface area contributed by atoms with Gasteiger partial charge in [-0.2, -0.15) is 0 Å². The lowest BCUT2D eigenvalue weighted by atomic mass is 10.1. The minimum absolute atomic E-state index is 0.120. The maximum Gasteiger partial charge on any atom is 0.255 e. The highest BCUT2D eigenvalue weighted by Gasteiger charge is 2.27. The fraction of sp³-hybridized carbons (Fsp3) is 0.538. The topological polar surface area (TPSA) is 45.2 Å². The molecule has 1 saturated heterocycles. The summed E-state index contributed by atoms with van der Waals surface area (Å²) >= 11 is 0. The molecule has 2 rings (SSSR count). The lowest BCUT2D eigenvalue weighted by molar-refractivity contribution is 0.0786. The zero-order chi connectivity index (χ0) is 12.3. The monoisotopic (exact) mass is 233 g/mol. The summed E-state index contributed by atoms with van der Waals surface area (Å²) in [6.45, 7) is 4.58. The number of aromatic nitrogens is 1. The molecule has 1 fully saturated rings. The van der Waals surface area contributed by atoms with Gasteiger partial charge < -0.3 is 10.2 Å². The van der Waals surface area contributed by atoms with Crippen LogP contribution < -0.4 is 5.32 Å². The summed E-state index contributed by atoms with van der Waals surface area (Å²) in [5, 5.41) is 3.17. The molecule has 1 aliphatic heterocycles. The molecular weight excluding hydrogens is 214 g/mol. The number of carbonyl (C=O) groups excluding carboxylic acids is 1. The average Bonchev–Trinajstić information content (AvgIpc) is 2.78. The molecule has 1 aliphatic rings. The standard InChI is InChI=1S/C13H19N3O/c1-10-12(4-3-6-15-10)13(17)16-7-5-11(9-16)8-14-2/h3-4,6,11,14H,5,7-9H2,1-2H3. The normalized spacial score (nSPS) is 19.6. The van der Waals surface area contributed by atoms with Gasteiger partial charge in [0.15, 0.2) is 0 Å². The number of carbonyl (C=O) groups is 1. The molecular formula is C13H19N3O. The van der Waals surface area contributed by atoms with E-state index in [2.05, 4.69) is 10.3 Å². The van der Waals surface area contributed by atoms with Crippen molar-refractivity contribution < 1.29 is 4.79 Å². The fourth-order valence-corrected chi connectivity index (χ4v) is 2.35. The predicted octanol–water partition coefficient (Wildman–Crippen LogP) is 1.07. The summed E-state index contributed by atoms with van der Waals surface area (Å²) in [5.74, 6) is 0.704. The maximum absolute atomic E-state index is 12.3. The van der Waals surface area contributed by atoms with Crippen LogP contribution in [0.15, 0.2) is 18.3 Å². The van der Waals surface area contributed by atoms with Crippen molar-refractivity contribution in [3.63, 3.8) is 0 Å². The molecule has 17 heavy (non-hydrogen) atoms. The van der Waals surface area contributed by atoms with Crippen LogP contribution in [0.2, 0.25) is 0 Å². The van der Waals surface area contributed by atoms with Gasteiger partial charge in [0.25, 0.3) is 5.91 Å². The summed E-state index contributed by atoms with van der Waals surface area (Å²) < 4.78 is 0. The zero-order valence-corrected chi connectivity index (χ0v) is 10.4. The summed E-state index contributed by atoms with van der Waals surface area (Å²) in [6.07, 6.45) is 2.81. The Morgan fingerprint density at radius 1 is 1.65 bits per heavy atom. The fourth-order valence-electron chi connectivity index (χ4n) is 2.35. The van der Waals surface area contributed by atoms with Crippen LogP contribution in [-0.2, 0) is 0 Å².